The maximum atomic E-state index is 14.6. The molecule has 0 spiro atoms. The van der Waals surface area contributed by atoms with E-state index in [4.69, 9.17) is 5.73 Å². The first-order chi connectivity index (χ1) is 17.9. The molecule has 10 heteroatoms. The monoisotopic (exact) mass is 529 g/mol. The number of halogens is 5. The molecule has 0 bridgehead atoms. The van der Waals surface area contributed by atoms with Crippen molar-refractivity contribution >= 4 is 17.4 Å². The highest BCUT2D eigenvalue weighted by atomic mass is 19.4. The molecule has 0 saturated heterocycles. The van der Waals surface area contributed by atoms with Crippen LogP contribution in [0, 0.1) is 18.8 Å². The Bertz CT molecular complexity index is 1440. The number of anilines is 2. The number of amides is 1. The molecule has 1 unspecified atom stereocenters. The van der Waals surface area contributed by atoms with Crippen LogP contribution in [0.4, 0.5) is 33.5 Å². The van der Waals surface area contributed by atoms with Gasteiger partial charge in [-0.1, -0.05) is 37.3 Å². The minimum absolute atomic E-state index is 0.0600. The molecule has 3 aromatic rings. The van der Waals surface area contributed by atoms with Crippen molar-refractivity contribution in [3.63, 3.8) is 0 Å². The average molecular weight is 530 g/mol. The van der Waals surface area contributed by atoms with Crippen LogP contribution >= 0.6 is 0 Å². The lowest BCUT2D eigenvalue weighted by Crippen LogP contribution is -2.18. The first-order valence-electron chi connectivity index (χ1n) is 11.8. The lowest BCUT2D eigenvalue weighted by Gasteiger charge is -2.12. The van der Waals surface area contributed by atoms with Gasteiger partial charge in [0.25, 0.3) is 11.8 Å². The zero-order chi connectivity index (χ0) is 27.7. The quantitative estimate of drug-likeness (QED) is 0.278. The fourth-order valence-electron chi connectivity index (χ4n) is 4.41. The summed E-state index contributed by atoms with van der Waals surface area (Å²) >= 11 is 0. The number of carbonyl (C=O) groups excluding carboxylic acids is 1. The van der Waals surface area contributed by atoms with Gasteiger partial charge in [0.1, 0.15) is 0 Å². The predicted molar refractivity (Wildman–Crippen MR) is 133 cm³/mol. The van der Waals surface area contributed by atoms with E-state index in [0.29, 0.717) is 23.1 Å². The van der Waals surface area contributed by atoms with E-state index in [9.17, 15) is 26.7 Å². The topological polar surface area (TPSA) is 77.2 Å². The number of nitrogens with two attached hydrogens (primary N) is 1. The number of aryl methyl sites for hydroxylation is 1. The summed E-state index contributed by atoms with van der Waals surface area (Å²) in [4.78, 5) is 16.6. The van der Waals surface area contributed by atoms with Gasteiger partial charge in [0, 0.05) is 46.6 Å². The standard InChI is InChI=1S/C28H24F5N3O2/c1-3-4-20-14-27(29,30)23-13-21(9-10-22(20)23)36-26(37)19-7-5-16(2)18(12-19)8-6-17-11-24(25(34)35-15-17)38-28(31,32)33/h5,7,9-13,15,20H,3-4,14H2,1-2H3,(H2,34,35)(H,36,37). The van der Waals surface area contributed by atoms with Crippen LogP contribution in [0.1, 0.15) is 70.3 Å². The van der Waals surface area contributed by atoms with Crippen LogP contribution < -0.4 is 15.8 Å². The van der Waals surface area contributed by atoms with Crippen molar-refractivity contribution in [2.45, 2.75) is 51.3 Å². The van der Waals surface area contributed by atoms with E-state index in [0.717, 1.165) is 12.5 Å². The molecule has 0 radical (unpaired) electrons. The number of benzene rings is 2. The fraction of sp³-hybridized carbons (Fsp3) is 0.286. The van der Waals surface area contributed by atoms with Crippen molar-refractivity contribution in [2.75, 3.05) is 11.1 Å². The Labute approximate surface area is 216 Å². The van der Waals surface area contributed by atoms with Crippen LogP contribution in [-0.2, 0) is 5.92 Å². The van der Waals surface area contributed by atoms with Crippen LogP contribution in [0.15, 0.2) is 48.7 Å². The molecule has 1 atom stereocenters. The van der Waals surface area contributed by atoms with E-state index in [1.165, 1.54) is 18.3 Å². The highest BCUT2D eigenvalue weighted by Crippen LogP contribution is 2.50. The third-order valence-electron chi connectivity index (χ3n) is 6.23. The average Bonchev–Trinajstić information content (AvgIpc) is 3.09. The molecule has 198 valence electrons. The van der Waals surface area contributed by atoms with Gasteiger partial charge in [-0.05, 0) is 54.7 Å². The molecule has 0 saturated carbocycles. The van der Waals surface area contributed by atoms with Crippen molar-refractivity contribution in [1.82, 2.24) is 4.98 Å². The number of ether oxygens (including phenoxy) is 1. The molecule has 1 aliphatic carbocycles. The molecule has 0 fully saturated rings. The summed E-state index contributed by atoms with van der Waals surface area (Å²) in [6.45, 7) is 3.71. The van der Waals surface area contributed by atoms with Gasteiger partial charge in [-0.2, -0.15) is 0 Å². The number of nitrogens with one attached hydrogen (secondary N) is 1. The second-order valence-corrected chi connectivity index (χ2v) is 9.09. The molecule has 38 heavy (non-hydrogen) atoms. The Morgan fingerprint density at radius 3 is 2.66 bits per heavy atom. The summed E-state index contributed by atoms with van der Waals surface area (Å²) in [5.41, 5.74) is 7.75. The Hall–Kier alpha value is -4.13. The number of carbonyl (C=O) groups is 1. The predicted octanol–water partition coefficient (Wildman–Crippen LogP) is 6.90. The summed E-state index contributed by atoms with van der Waals surface area (Å²) in [5, 5.41) is 2.66. The highest BCUT2D eigenvalue weighted by molar-refractivity contribution is 6.04. The second-order valence-electron chi connectivity index (χ2n) is 9.09. The Balaban J connectivity index is 1.55. The first kappa shape index (κ1) is 26.9. The van der Waals surface area contributed by atoms with E-state index in [1.807, 2.05) is 6.92 Å². The van der Waals surface area contributed by atoms with E-state index < -0.39 is 29.8 Å². The normalized spacial score (nSPS) is 15.8. The van der Waals surface area contributed by atoms with Crippen molar-refractivity contribution < 1.29 is 31.5 Å². The summed E-state index contributed by atoms with van der Waals surface area (Å²) in [5.74, 6) is 0.716. The number of alkyl halides is 5. The van der Waals surface area contributed by atoms with Gasteiger partial charge in [0.2, 0.25) is 0 Å². The zero-order valence-corrected chi connectivity index (χ0v) is 20.5. The van der Waals surface area contributed by atoms with E-state index in [2.05, 4.69) is 26.9 Å². The number of hydrogen-bond donors (Lipinski definition) is 2. The number of aromatic nitrogens is 1. The number of pyridine rings is 1. The van der Waals surface area contributed by atoms with Crippen LogP contribution in [0.3, 0.4) is 0 Å². The summed E-state index contributed by atoms with van der Waals surface area (Å²) < 4.78 is 70.8. The smallest absolute Gasteiger partial charge is 0.402 e. The summed E-state index contributed by atoms with van der Waals surface area (Å²) in [6, 6.07) is 10.3. The zero-order valence-electron chi connectivity index (χ0n) is 20.5. The van der Waals surface area contributed by atoms with Crippen LogP contribution in [0.5, 0.6) is 5.75 Å². The van der Waals surface area contributed by atoms with Crippen molar-refractivity contribution in [1.29, 1.82) is 0 Å². The molecule has 1 amide bonds. The van der Waals surface area contributed by atoms with Gasteiger partial charge >= 0.3 is 6.36 Å². The first-order valence-corrected chi connectivity index (χ1v) is 11.8. The number of hydrogen-bond acceptors (Lipinski definition) is 4. The number of fused-ring (bicyclic) bond motifs is 1. The Kier molecular flexibility index (Phi) is 7.31. The lowest BCUT2D eigenvalue weighted by molar-refractivity contribution is -0.274. The summed E-state index contributed by atoms with van der Waals surface area (Å²) in [6.07, 6.45) is -2.50. The van der Waals surface area contributed by atoms with Crippen LogP contribution in [0.2, 0.25) is 0 Å². The minimum atomic E-state index is -4.94. The molecule has 2 aromatic carbocycles. The summed E-state index contributed by atoms with van der Waals surface area (Å²) in [7, 11) is 0. The van der Waals surface area contributed by atoms with Crippen LogP contribution in [-0.4, -0.2) is 17.3 Å². The van der Waals surface area contributed by atoms with Crippen molar-refractivity contribution in [3.05, 3.63) is 82.0 Å². The maximum Gasteiger partial charge on any atom is 0.573 e. The van der Waals surface area contributed by atoms with Gasteiger partial charge in [0.15, 0.2) is 11.6 Å². The molecule has 3 N–H and O–H groups in total. The molecule has 1 aliphatic rings. The van der Waals surface area contributed by atoms with Crippen molar-refractivity contribution in [3.8, 4) is 17.6 Å². The number of rotatable bonds is 5. The third kappa shape index (κ3) is 6.05. The molecular weight excluding hydrogens is 505 g/mol. The molecule has 1 heterocycles. The number of nitrogens with zero attached hydrogens (tertiary/aromatic N) is 1. The molecule has 5 nitrogen and oxygen atoms in total. The Morgan fingerprint density at radius 1 is 1.18 bits per heavy atom. The second kappa shape index (κ2) is 10.3. The largest absolute Gasteiger partial charge is 0.573 e. The number of nitrogen functional groups attached to an aromatic ring is 1. The van der Waals surface area contributed by atoms with E-state index >= 15 is 0 Å². The Morgan fingerprint density at radius 2 is 1.95 bits per heavy atom. The van der Waals surface area contributed by atoms with Gasteiger partial charge in [-0.3, -0.25) is 4.79 Å². The van der Waals surface area contributed by atoms with Gasteiger partial charge in [0.05, 0.1) is 0 Å². The molecular formula is C28H24F5N3O2. The van der Waals surface area contributed by atoms with Crippen LogP contribution in [0.25, 0.3) is 0 Å². The molecule has 0 aliphatic heterocycles. The highest BCUT2D eigenvalue weighted by Gasteiger charge is 2.44. The minimum Gasteiger partial charge on any atom is -0.402 e. The SMILES string of the molecule is CCCC1CC(F)(F)c2cc(NC(=O)c3ccc(C)c(C#Cc4cnc(N)c(OC(F)(F)F)c4)c3)ccc21. The molecule has 1 aromatic heterocycles. The van der Waals surface area contributed by atoms with Gasteiger partial charge < -0.3 is 15.8 Å². The van der Waals surface area contributed by atoms with Gasteiger partial charge in [-0.25, -0.2) is 13.8 Å². The van der Waals surface area contributed by atoms with E-state index in [1.54, 1.807) is 31.2 Å². The fourth-order valence-corrected chi connectivity index (χ4v) is 4.41. The van der Waals surface area contributed by atoms with Crippen molar-refractivity contribution in [2.24, 2.45) is 0 Å². The van der Waals surface area contributed by atoms with E-state index in [-0.39, 0.29) is 34.7 Å². The third-order valence-corrected chi connectivity index (χ3v) is 6.23. The van der Waals surface area contributed by atoms with Gasteiger partial charge in [-0.15, -0.1) is 13.2 Å². The maximum absolute atomic E-state index is 14.6. The lowest BCUT2D eigenvalue weighted by atomic mass is 9.96. The molecule has 4 rings (SSSR count).